The van der Waals surface area contributed by atoms with Gasteiger partial charge in [0.25, 0.3) is 0 Å². The van der Waals surface area contributed by atoms with Crippen molar-refractivity contribution in [3.8, 4) is 0 Å². The molecule has 13 heavy (non-hydrogen) atoms. The monoisotopic (exact) mass is 350 g/mol. The van der Waals surface area contributed by atoms with Gasteiger partial charge in [-0.15, -0.1) is 12.9 Å². The van der Waals surface area contributed by atoms with Crippen molar-refractivity contribution in [2.45, 2.75) is 0 Å². The van der Waals surface area contributed by atoms with Crippen molar-refractivity contribution in [1.82, 2.24) is 0 Å². The van der Waals surface area contributed by atoms with Gasteiger partial charge in [-0.3, -0.25) is 0 Å². The van der Waals surface area contributed by atoms with Gasteiger partial charge in [0.15, 0.2) is 0 Å². The van der Waals surface area contributed by atoms with Crippen LogP contribution in [0.15, 0.2) is 9.03 Å². The SMILES string of the molecule is FP(=S)(Cl)N=P(F)(F)N=P(Cl)(Cl)Cl. The molecule has 80 valence electrons. The van der Waals surface area contributed by atoms with Crippen molar-refractivity contribution in [2.24, 2.45) is 9.03 Å². The van der Waals surface area contributed by atoms with Gasteiger partial charge >= 0.3 is 13.7 Å². The molecular weight excluding hydrogens is 352 g/mol. The van der Waals surface area contributed by atoms with Crippen molar-refractivity contribution in [1.29, 1.82) is 0 Å². The summed E-state index contributed by atoms with van der Waals surface area (Å²) in [4.78, 5) is 0. The van der Waals surface area contributed by atoms with Crippen LogP contribution in [0, 0.1) is 0 Å². The van der Waals surface area contributed by atoms with E-state index in [-0.39, 0.29) is 0 Å². The van der Waals surface area contributed by atoms with Crippen molar-refractivity contribution in [3.63, 3.8) is 0 Å². The van der Waals surface area contributed by atoms with Crippen LogP contribution in [0.2, 0.25) is 0 Å². The zero-order chi connectivity index (χ0) is 10.9. The zero-order valence-electron chi connectivity index (χ0n) is 5.29. The lowest BCUT2D eigenvalue weighted by atomic mass is 13.9. The molecule has 2 nitrogen and oxygen atoms in total. The molecule has 0 rings (SSSR count). The first-order valence-electron chi connectivity index (χ1n) is 2.17. The maximum atomic E-state index is 12.6. The average Bonchev–Trinajstić information content (AvgIpc) is 1.43. The zero-order valence-corrected chi connectivity index (χ0v) is 11.8. The summed E-state index contributed by atoms with van der Waals surface area (Å²) in [6, 6.07) is 0. The average molecular weight is 352 g/mol. The summed E-state index contributed by atoms with van der Waals surface area (Å²) in [6.07, 6.45) is 0. The van der Waals surface area contributed by atoms with E-state index in [0.29, 0.717) is 0 Å². The fraction of sp³-hybridized carbons (Fsp3) is 0. The van der Waals surface area contributed by atoms with Crippen LogP contribution in [-0.4, -0.2) is 0 Å². The molecule has 0 aromatic rings. The Bertz CT molecular complexity index is 326. The van der Waals surface area contributed by atoms with Gasteiger partial charge in [0, 0.05) is 0 Å². The van der Waals surface area contributed by atoms with Crippen molar-refractivity contribution in [2.75, 3.05) is 0 Å². The third-order valence-electron chi connectivity index (χ3n) is 0.421. The lowest BCUT2D eigenvalue weighted by Gasteiger charge is -2.02. The second kappa shape index (κ2) is 4.93. The van der Waals surface area contributed by atoms with Gasteiger partial charge in [-0.05, 0) is 56.8 Å². The Morgan fingerprint density at radius 1 is 0.923 bits per heavy atom. The summed E-state index contributed by atoms with van der Waals surface area (Å²) < 4.78 is 42.3. The third-order valence-corrected chi connectivity index (χ3v) is 6.88. The topological polar surface area (TPSA) is 24.7 Å². The molecule has 1 atom stereocenters. The molecule has 0 aliphatic heterocycles. The summed E-state index contributed by atoms with van der Waals surface area (Å²) in [5, 5.41) is -3.63. The fourth-order valence-corrected chi connectivity index (χ4v) is 6.43. The molecule has 0 heterocycles. The Balaban J connectivity index is 5.25. The van der Waals surface area contributed by atoms with E-state index in [4.69, 9.17) is 45.0 Å². The minimum absolute atomic E-state index is 2.24. The van der Waals surface area contributed by atoms with Crippen LogP contribution in [-0.2, 0) is 11.8 Å². The molecule has 0 aliphatic carbocycles. The Morgan fingerprint density at radius 3 is 1.54 bits per heavy atom. The Morgan fingerprint density at radius 2 is 1.31 bits per heavy atom. The Hall–Kier alpha value is 2.06. The molecule has 0 aromatic heterocycles. The highest BCUT2D eigenvalue weighted by Crippen LogP contribution is 2.77. The largest absolute Gasteiger partial charge is 0.421 e. The maximum Gasteiger partial charge on any atom is 0.421 e. The van der Waals surface area contributed by atoms with Crippen LogP contribution in [0.1, 0.15) is 0 Å². The number of hydrogen-bond acceptors (Lipinski definition) is 1. The summed E-state index contributed by atoms with van der Waals surface area (Å²) in [6.45, 7) is 0. The molecule has 0 saturated carbocycles. The van der Waals surface area contributed by atoms with Crippen LogP contribution >= 0.6 is 63.8 Å². The van der Waals surface area contributed by atoms with Crippen molar-refractivity contribution < 1.29 is 12.6 Å². The van der Waals surface area contributed by atoms with E-state index < -0.39 is 18.8 Å². The molecule has 0 aliphatic rings. The molecule has 0 saturated heterocycles. The molecular formula is Cl4F3N2P3S. The molecule has 1 unspecified atom stereocenters. The van der Waals surface area contributed by atoms with Gasteiger partial charge in [-0.2, -0.15) is 8.71 Å². The quantitative estimate of drug-likeness (QED) is 0.493. The summed E-state index contributed by atoms with van der Waals surface area (Å²) in [5.74, 6) is -4.40. The predicted molar refractivity (Wildman–Crippen MR) is 59.7 cm³/mol. The highest BCUT2D eigenvalue weighted by Gasteiger charge is 2.25. The first-order valence-corrected chi connectivity index (χ1v) is 11.6. The van der Waals surface area contributed by atoms with Gasteiger partial charge in [-0.1, -0.05) is 0 Å². The lowest BCUT2D eigenvalue weighted by molar-refractivity contribution is 0.727. The van der Waals surface area contributed by atoms with Gasteiger partial charge in [-0.25, -0.2) is 0 Å². The van der Waals surface area contributed by atoms with Crippen LogP contribution in [0.25, 0.3) is 0 Å². The van der Waals surface area contributed by atoms with E-state index in [1.54, 1.807) is 0 Å². The minimum Gasteiger partial charge on any atom is -0.174 e. The van der Waals surface area contributed by atoms with Crippen LogP contribution < -0.4 is 0 Å². The van der Waals surface area contributed by atoms with Crippen molar-refractivity contribution in [3.05, 3.63) is 0 Å². The molecule has 0 amide bonds. The van der Waals surface area contributed by atoms with Gasteiger partial charge in [0.1, 0.15) is 0 Å². The second-order valence-electron chi connectivity index (χ2n) is 1.49. The van der Waals surface area contributed by atoms with Crippen LogP contribution in [0.4, 0.5) is 12.6 Å². The Labute approximate surface area is 96.8 Å². The number of nitrogens with zero attached hydrogens (tertiary/aromatic N) is 2. The highest BCUT2D eigenvalue weighted by molar-refractivity contribution is 8.27. The fourth-order valence-electron chi connectivity index (χ4n) is 0.265. The van der Waals surface area contributed by atoms with E-state index in [2.05, 4.69) is 20.8 Å². The summed E-state index contributed by atoms with van der Waals surface area (Å²) >= 11 is 23.6. The predicted octanol–water partition coefficient (Wildman–Crippen LogP) is 6.97. The minimum atomic E-state index is -5.34. The molecule has 0 bridgehead atoms. The standard InChI is InChI=1S/Cl4F3N2P3S/c1-10(2,3)8-12(6,7)9-11(4,5)13. The van der Waals surface area contributed by atoms with E-state index in [9.17, 15) is 12.6 Å². The van der Waals surface area contributed by atoms with E-state index in [0.717, 1.165) is 0 Å². The van der Waals surface area contributed by atoms with Gasteiger partial charge < -0.3 is 0 Å². The lowest BCUT2D eigenvalue weighted by Crippen LogP contribution is -1.54. The van der Waals surface area contributed by atoms with E-state index in [1.165, 1.54) is 0 Å². The number of rotatable bonds is 2. The molecule has 0 fully saturated rings. The second-order valence-corrected chi connectivity index (χ2v) is 14.9. The molecule has 0 radical (unpaired) electrons. The normalized spacial score (nSPS) is 17.8. The van der Waals surface area contributed by atoms with Crippen LogP contribution in [0.3, 0.4) is 0 Å². The number of hydrogen-bond donors (Lipinski definition) is 0. The molecule has 0 aromatic carbocycles. The molecule has 0 spiro atoms. The first-order chi connectivity index (χ1) is 5.41. The first kappa shape index (κ1) is 15.1. The molecule has 13 heteroatoms. The highest BCUT2D eigenvalue weighted by atomic mass is 36.0. The summed E-state index contributed by atoms with van der Waals surface area (Å²) in [5.41, 5.74) is 0. The van der Waals surface area contributed by atoms with Crippen molar-refractivity contribution >= 4 is 75.6 Å². The number of halogens is 7. The smallest absolute Gasteiger partial charge is 0.174 e. The van der Waals surface area contributed by atoms with E-state index >= 15 is 0 Å². The van der Waals surface area contributed by atoms with Gasteiger partial charge in [0.2, 0.25) is 5.11 Å². The van der Waals surface area contributed by atoms with Crippen LogP contribution in [0.5, 0.6) is 0 Å². The van der Waals surface area contributed by atoms with Gasteiger partial charge in [0.05, 0.1) is 0 Å². The Kier molecular flexibility index (Phi) is 5.71. The summed E-state index contributed by atoms with van der Waals surface area (Å²) in [7, 11) is -5.34. The van der Waals surface area contributed by atoms with E-state index in [1.807, 2.05) is 0 Å². The third kappa shape index (κ3) is 10.3. The molecule has 0 N–H and O–H groups in total. The maximum absolute atomic E-state index is 12.6.